The van der Waals surface area contributed by atoms with Crippen molar-refractivity contribution in [1.82, 2.24) is 10.2 Å². The number of hydrogen-bond donors (Lipinski definition) is 2. The second-order valence-electron chi connectivity index (χ2n) is 5.43. The van der Waals surface area contributed by atoms with Crippen LogP contribution in [0.5, 0.6) is 5.75 Å². The van der Waals surface area contributed by atoms with E-state index < -0.39 is 0 Å². The topological polar surface area (TPSA) is 87.7 Å². The molecule has 0 radical (unpaired) electrons. The molecule has 1 aliphatic rings. The zero-order chi connectivity index (χ0) is 16.8. The Morgan fingerprint density at radius 2 is 1.83 bits per heavy atom. The van der Waals surface area contributed by atoms with E-state index in [1.165, 1.54) is 11.8 Å². The summed E-state index contributed by atoms with van der Waals surface area (Å²) in [7, 11) is 1.56. The number of rotatable bonds is 7. The van der Waals surface area contributed by atoms with Gasteiger partial charge in [0.05, 0.1) is 20.2 Å². The van der Waals surface area contributed by atoms with Crippen LogP contribution >= 0.6 is 0 Å². The fourth-order valence-corrected chi connectivity index (χ4v) is 2.15. The molecule has 1 aromatic rings. The van der Waals surface area contributed by atoms with Crippen molar-refractivity contribution in [2.75, 3.05) is 25.5 Å². The molecular weight excluding hydrogens is 298 g/mol. The van der Waals surface area contributed by atoms with Gasteiger partial charge in [0.1, 0.15) is 5.75 Å². The van der Waals surface area contributed by atoms with E-state index in [2.05, 4.69) is 10.6 Å². The zero-order valence-electron chi connectivity index (χ0n) is 13.3. The van der Waals surface area contributed by atoms with Crippen molar-refractivity contribution in [2.45, 2.75) is 25.8 Å². The number of carbonyl (C=O) groups is 3. The monoisotopic (exact) mass is 319 g/mol. The molecule has 23 heavy (non-hydrogen) atoms. The van der Waals surface area contributed by atoms with Crippen LogP contribution in [0.1, 0.15) is 19.8 Å². The normalized spacial score (nSPS) is 13.1. The third-order valence-electron chi connectivity index (χ3n) is 3.53. The first kappa shape index (κ1) is 16.8. The lowest BCUT2D eigenvalue weighted by Gasteiger charge is -2.19. The van der Waals surface area contributed by atoms with E-state index in [4.69, 9.17) is 4.74 Å². The molecule has 0 aromatic heterocycles. The second kappa shape index (κ2) is 7.62. The molecule has 1 aromatic carbocycles. The maximum atomic E-state index is 11.8. The van der Waals surface area contributed by atoms with Crippen LogP contribution in [0.3, 0.4) is 0 Å². The van der Waals surface area contributed by atoms with Crippen LogP contribution in [0.4, 0.5) is 5.69 Å². The largest absolute Gasteiger partial charge is 0.497 e. The predicted molar refractivity (Wildman–Crippen MR) is 85.0 cm³/mol. The minimum absolute atomic E-state index is 0.00415. The minimum atomic E-state index is -0.336. The van der Waals surface area contributed by atoms with Gasteiger partial charge in [0.2, 0.25) is 17.7 Å². The molecule has 0 saturated heterocycles. The molecule has 0 heterocycles. The van der Waals surface area contributed by atoms with Gasteiger partial charge in [0, 0.05) is 18.7 Å². The second-order valence-corrected chi connectivity index (χ2v) is 5.43. The Labute approximate surface area is 135 Å². The summed E-state index contributed by atoms with van der Waals surface area (Å²) in [5.41, 5.74) is 0.619. The van der Waals surface area contributed by atoms with Crippen LogP contribution in [0.25, 0.3) is 0 Å². The first-order valence-corrected chi connectivity index (χ1v) is 7.47. The van der Waals surface area contributed by atoms with E-state index in [1.807, 2.05) is 0 Å². The highest BCUT2D eigenvalue weighted by atomic mass is 16.5. The number of nitrogens with one attached hydrogen (secondary N) is 2. The van der Waals surface area contributed by atoms with E-state index in [0.29, 0.717) is 11.4 Å². The van der Waals surface area contributed by atoms with Crippen molar-refractivity contribution < 1.29 is 19.1 Å². The Kier molecular flexibility index (Phi) is 5.56. The Hall–Kier alpha value is -2.57. The first-order valence-electron chi connectivity index (χ1n) is 7.47. The van der Waals surface area contributed by atoms with Crippen LogP contribution in [-0.4, -0.2) is 48.9 Å². The molecule has 1 saturated carbocycles. The van der Waals surface area contributed by atoms with Crippen molar-refractivity contribution in [3.8, 4) is 5.75 Å². The molecule has 2 rings (SSSR count). The molecule has 0 bridgehead atoms. The molecule has 0 aliphatic heterocycles. The Balaban J connectivity index is 1.74. The average Bonchev–Trinajstić information content (AvgIpc) is 3.36. The van der Waals surface area contributed by atoms with Gasteiger partial charge in [0.25, 0.3) is 0 Å². The molecule has 3 amide bonds. The molecule has 1 fully saturated rings. The smallest absolute Gasteiger partial charge is 0.243 e. The third-order valence-corrected chi connectivity index (χ3v) is 3.53. The van der Waals surface area contributed by atoms with Gasteiger partial charge in [0.15, 0.2) is 0 Å². The molecule has 7 nitrogen and oxygen atoms in total. The molecule has 124 valence electrons. The number of methoxy groups -OCH3 is 1. The summed E-state index contributed by atoms with van der Waals surface area (Å²) >= 11 is 0. The SMILES string of the molecule is COc1ccc(NC(=O)CNC(=O)CN(C(C)=O)C2CC2)cc1. The molecule has 0 unspecified atom stereocenters. The fourth-order valence-electron chi connectivity index (χ4n) is 2.15. The number of nitrogens with zero attached hydrogens (tertiary/aromatic N) is 1. The van der Waals surface area contributed by atoms with E-state index in [0.717, 1.165) is 12.8 Å². The maximum Gasteiger partial charge on any atom is 0.243 e. The highest BCUT2D eigenvalue weighted by Crippen LogP contribution is 2.26. The van der Waals surface area contributed by atoms with Gasteiger partial charge in [-0.2, -0.15) is 0 Å². The minimum Gasteiger partial charge on any atom is -0.497 e. The number of carbonyl (C=O) groups excluding carboxylic acids is 3. The van der Waals surface area contributed by atoms with E-state index in [-0.39, 0.29) is 36.9 Å². The van der Waals surface area contributed by atoms with Crippen LogP contribution in [0, 0.1) is 0 Å². The highest BCUT2D eigenvalue weighted by Gasteiger charge is 2.31. The van der Waals surface area contributed by atoms with Gasteiger partial charge in [-0.05, 0) is 37.1 Å². The average molecular weight is 319 g/mol. The molecule has 0 spiro atoms. The molecule has 7 heteroatoms. The van der Waals surface area contributed by atoms with Gasteiger partial charge in [-0.3, -0.25) is 14.4 Å². The van der Waals surface area contributed by atoms with E-state index in [1.54, 1.807) is 31.4 Å². The van der Waals surface area contributed by atoms with Gasteiger partial charge in [-0.25, -0.2) is 0 Å². The maximum absolute atomic E-state index is 11.8. The van der Waals surface area contributed by atoms with Crippen LogP contribution < -0.4 is 15.4 Å². The summed E-state index contributed by atoms with van der Waals surface area (Å²) in [6.07, 6.45) is 1.87. The van der Waals surface area contributed by atoms with Gasteiger partial charge in [-0.15, -0.1) is 0 Å². The molecule has 1 aliphatic carbocycles. The number of anilines is 1. The summed E-state index contributed by atoms with van der Waals surface area (Å²) in [5.74, 6) is -0.0904. The van der Waals surface area contributed by atoms with Crippen molar-refractivity contribution >= 4 is 23.4 Å². The molecule has 2 N–H and O–H groups in total. The van der Waals surface area contributed by atoms with Crippen molar-refractivity contribution in [3.63, 3.8) is 0 Å². The summed E-state index contributed by atoms with van der Waals surface area (Å²) in [6, 6.07) is 7.06. The quantitative estimate of drug-likeness (QED) is 0.777. The molecule has 0 atom stereocenters. The lowest BCUT2D eigenvalue weighted by Crippen LogP contribution is -2.43. The van der Waals surface area contributed by atoms with Crippen molar-refractivity contribution in [2.24, 2.45) is 0 Å². The van der Waals surface area contributed by atoms with Crippen molar-refractivity contribution in [3.05, 3.63) is 24.3 Å². The number of ether oxygens (including phenoxy) is 1. The van der Waals surface area contributed by atoms with Crippen molar-refractivity contribution in [1.29, 1.82) is 0 Å². The lowest BCUT2D eigenvalue weighted by atomic mass is 10.3. The highest BCUT2D eigenvalue weighted by molar-refractivity contribution is 5.95. The summed E-state index contributed by atoms with van der Waals surface area (Å²) in [4.78, 5) is 36.6. The van der Waals surface area contributed by atoms with Gasteiger partial charge >= 0.3 is 0 Å². The number of benzene rings is 1. The standard InChI is InChI=1S/C16H21N3O4/c1-11(20)19(13-5-6-13)10-16(22)17-9-15(21)18-12-3-7-14(23-2)8-4-12/h3-4,7-8,13H,5-6,9-10H2,1-2H3,(H,17,22)(H,18,21). The first-order chi connectivity index (χ1) is 11.0. The lowest BCUT2D eigenvalue weighted by molar-refractivity contribution is -0.135. The van der Waals surface area contributed by atoms with Crippen LogP contribution in [-0.2, 0) is 14.4 Å². The summed E-state index contributed by atoms with van der Waals surface area (Å²) < 4.78 is 5.03. The predicted octanol–water partition coefficient (Wildman–Crippen LogP) is 0.761. The van der Waals surface area contributed by atoms with Gasteiger partial charge in [-0.1, -0.05) is 0 Å². The zero-order valence-corrected chi connectivity index (χ0v) is 13.3. The van der Waals surface area contributed by atoms with Gasteiger partial charge < -0.3 is 20.3 Å². The van der Waals surface area contributed by atoms with E-state index in [9.17, 15) is 14.4 Å². The Morgan fingerprint density at radius 1 is 1.17 bits per heavy atom. The summed E-state index contributed by atoms with van der Waals surface area (Å²) in [5, 5.41) is 5.19. The molecular formula is C16H21N3O4. The number of hydrogen-bond acceptors (Lipinski definition) is 4. The van der Waals surface area contributed by atoms with Crippen LogP contribution in [0.15, 0.2) is 24.3 Å². The fraction of sp³-hybridized carbons (Fsp3) is 0.438. The Morgan fingerprint density at radius 3 is 2.35 bits per heavy atom. The number of amides is 3. The van der Waals surface area contributed by atoms with Crippen LogP contribution in [0.2, 0.25) is 0 Å². The Bertz CT molecular complexity index is 581. The third kappa shape index (κ3) is 5.28. The summed E-state index contributed by atoms with van der Waals surface area (Å²) in [6.45, 7) is 1.30. The van der Waals surface area contributed by atoms with E-state index >= 15 is 0 Å².